The van der Waals surface area contributed by atoms with E-state index < -0.39 is 12.1 Å². The van der Waals surface area contributed by atoms with Crippen molar-refractivity contribution in [1.82, 2.24) is 5.32 Å². The second-order valence-electron chi connectivity index (χ2n) is 13.0. The van der Waals surface area contributed by atoms with Crippen molar-refractivity contribution in [2.45, 2.75) is 219 Å². The third kappa shape index (κ3) is 30.6. The third-order valence-electron chi connectivity index (χ3n) is 8.77. The van der Waals surface area contributed by atoms with Crippen LogP contribution < -0.4 is 5.32 Å². The van der Waals surface area contributed by atoms with E-state index in [1.807, 2.05) is 6.08 Å². The van der Waals surface area contributed by atoms with Gasteiger partial charge in [0.05, 0.1) is 18.8 Å². The number of nitrogens with one attached hydrogen (secondary N) is 1. The predicted octanol–water partition coefficient (Wildman–Crippen LogP) is 11.1. The SMILES string of the molecule is CCCCCCCCCCCCC/C=C\[C@@H](O)[C@H](CO)NC(=O)CCCCCCCCCCCCCCCCCCC. The number of rotatable bonds is 34. The van der Waals surface area contributed by atoms with E-state index in [4.69, 9.17) is 0 Å². The van der Waals surface area contributed by atoms with Crippen molar-refractivity contribution in [3.05, 3.63) is 12.2 Å². The fraction of sp³-hybridized carbons (Fsp3) is 0.921. The molecule has 0 fully saturated rings. The van der Waals surface area contributed by atoms with Crippen molar-refractivity contribution in [1.29, 1.82) is 0 Å². The van der Waals surface area contributed by atoms with E-state index in [1.165, 1.54) is 161 Å². The standard InChI is InChI=1S/C38H75NO3/c1-3-5-7-9-11-13-15-17-18-19-20-22-24-26-28-30-32-34-38(42)39-36(35-40)37(41)33-31-29-27-25-23-21-16-14-12-10-8-6-4-2/h31,33,36-37,40-41H,3-30,32,34-35H2,1-2H3,(H,39,42)/b33-31-/t36-,37+/m0/s1. The molecule has 0 unspecified atom stereocenters. The molecule has 0 saturated heterocycles. The molecule has 0 aromatic rings. The highest BCUT2D eigenvalue weighted by Crippen LogP contribution is 2.15. The quantitative estimate of drug-likeness (QED) is 0.0513. The van der Waals surface area contributed by atoms with Crippen LogP contribution in [0.15, 0.2) is 12.2 Å². The number of carbonyl (C=O) groups excluding carboxylic acids is 1. The summed E-state index contributed by atoms with van der Waals surface area (Å²) in [6.07, 6.45) is 41.5. The number of aliphatic hydroxyl groups excluding tert-OH is 2. The minimum absolute atomic E-state index is 0.0622. The summed E-state index contributed by atoms with van der Waals surface area (Å²) in [4.78, 5) is 12.3. The average molecular weight is 594 g/mol. The second kappa shape index (κ2) is 34.6. The van der Waals surface area contributed by atoms with Gasteiger partial charge in [-0.15, -0.1) is 0 Å². The monoisotopic (exact) mass is 594 g/mol. The first-order chi connectivity index (χ1) is 20.7. The van der Waals surface area contributed by atoms with Crippen LogP contribution in [0.25, 0.3) is 0 Å². The van der Waals surface area contributed by atoms with E-state index in [-0.39, 0.29) is 12.5 Å². The Morgan fingerprint density at radius 2 is 0.881 bits per heavy atom. The van der Waals surface area contributed by atoms with Crippen LogP contribution in [-0.2, 0) is 4.79 Å². The number of hydrogen-bond acceptors (Lipinski definition) is 3. The van der Waals surface area contributed by atoms with Crippen LogP contribution in [-0.4, -0.2) is 34.9 Å². The van der Waals surface area contributed by atoms with Gasteiger partial charge in [0.25, 0.3) is 0 Å². The van der Waals surface area contributed by atoms with Crippen molar-refractivity contribution >= 4 is 5.91 Å². The maximum absolute atomic E-state index is 12.3. The summed E-state index contributed by atoms with van der Waals surface area (Å²) >= 11 is 0. The van der Waals surface area contributed by atoms with E-state index in [0.717, 1.165) is 25.7 Å². The Morgan fingerprint density at radius 1 is 0.548 bits per heavy atom. The number of allylic oxidation sites excluding steroid dienone is 1. The van der Waals surface area contributed by atoms with E-state index in [9.17, 15) is 15.0 Å². The normalized spacial score (nSPS) is 13.1. The van der Waals surface area contributed by atoms with Gasteiger partial charge in [0.1, 0.15) is 0 Å². The highest BCUT2D eigenvalue weighted by atomic mass is 16.3. The molecule has 0 heterocycles. The molecule has 3 N–H and O–H groups in total. The smallest absolute Gasteiger partial charge is 0.220 e. The zero-order chi connectivity index (χ0) is 30.8. The molecule has 0 aliphatic carbocycles. The van der Waals surface area contributed by atoms with Crippen LogP contribution >= 0.6 is 0 Å². The van der Waals surface area contributed by atoms with Gasteiger partial charge in [-0.3, -0.25) is 4.79 Å². The molecule has 4 nitrogen and oxygen atoms in total. The van der Waals surface area contributed by atoms with Gasteiger partial charge in [-0.25, -0.2) is 0 Å². The number of aliphatic hydroxyl groups is 2. The van der Waals surface area contributed by atoms with Crippen LogP contribution in [0.5, 0.6) is 0 Å². The largest absolute Gasteiger partial charge is 0.394 e. The minimum Gasteiger partial charge on any atom is -0.394 e. The van der Waals surface area contributed by atoms with Gasteiger partial charge < -0.3 is 15.5 Å². The van der Waals surface area contributed by atoms with Crippen LogP contribution in [0.2, 0.25) is 0 Å². The Morgan fingerprint density at radius 3 is 1.24 bits per heavy atom. The zero-order valence-electron chi connectivity index (χ0n) is 28.5. The molecule has 0 aliphatic rings. The molecule has 0 bridgehead atoms. The van der Waals surface area contributed by atoms with E-state index in [0.29, 0.717) is 6.42 Å². The Labute approximate surface area is 263 Å². The fourth-order valence-corrected chi connectivity index (χ4v) is 5.82. The average Bonchev–Trinajstić information content (AvgIpc) is 2.99. The first kappa shape index (κ1) is 41.1. The van der Waals surface area contributed by atoms with Crippen molar-refractivity contribution < 1.29 is 15.0 Å². The fourth-order valence-electron chi connectivity index (χ4n) is 5.82. The van der Waals surface area contributed by atoms with E-state index in [1.54, 1.807) is 6.08 Å². The van der Waals surface area contributed by atoms with Crippen molar-refractivity contribution in [3.8, 4) is 0 Å². The predicted molar refractivity (Wildman–Crippen MR) is 184 cm³/mol. The number of carbonyl (C=O) groups is 1. The molecule has 250 valence electrons. The first-order valence-corrected chi connectivity index (χ1v) is 18.9. The molecule has 0 saturated carbocycles. The van der Waals surface area contributed by atoms with Gasteiger partial charge in [0, 0.05) is 6.42 Å². The summed E-state index contributed by atoms with van der Waals surface area (Å²) in [6, 6.07) is -0.614. The summed E-state index contributed by atoms with van der Waals surface area (Å²) in [5.41, 5.74) is 0. The van der Waals surface area contributed by atoms with E-state index >= 15 is 0 Å². The van der Waals surface area contributed by atoms with Gasteiger partial charge in [-0.05, 0) is 19.3 Å². The van der Waals surface area contributed by atoms with Gasteiger partial charge in [0.2, 0.25) is 5.91 Å². The Hall–Kier alpha value is -0.870. The summed E-state index contributed by atoms with van der Waals surface area (Å²) in [5, 5.41) is 22.9. The molecule has 2 atom stereocenters. The molecule has 0 aliphatic heterocycles. The molecule has 4 heteroatoms. The maximum Gasteiger partial charge on any atom is 0.220 e. The molecular formula is C38H75NO3. The topological polar surface area (TPSA) is 69.6 Å². The third-order valence-corrected chi connectivity index (χ3v) is 8.77. The van der Waals surface area contributed by atoms with Gasteiger partial charge in [0.15, 0.2) is 0 Å². The highest BCUT2D eigenvalue weighted by Gasteiger charge is 2.17. The zero-order valence-corrected chi connectivity index (χ0v) is 28.5. The minimum atomic E-state index is -0.831. The van der Waals surface area contributed by atoms with Gasteiger partial charge in [-0.2, -0.15) is 0 Å². The van der Waals surface area contributed by atoms with Gasteiger partial charge in [-0.1, -0.05) is 193 Å². The molecular weight excluding hydrogens is 518 g/mol. The Kier molecular flexibility index (Phi) is 33.9. The number of unbranched alkanes of at least 4 members (excludes halogenated alkanes) is 27. The summed E-state index contributed by atoms with van der Waals surface area (Å²) in [6.45, 7) is 4.31. The van der Waals surface area contributed by atoms with Crippen molar-refractivity contribution in [2.24, 2.45) is 0 Å². The molecule has 1 amide bonds. The second-order valence-corrected chi connectivity index (χ2v) is 13.0. The lowest BCUT2D eigenvalue weighted by Gasteiger charge is -2.20. The van der Waals surface area contributed by atoms with Crippen molar-refractivity contribution in [3.63, 3.8) is 0 Å². The lowest BCUT2D eigenvalue weighted by molar-refractivity contribution is -0.123. The summed E-state index contributed by atoms with van der Waals surface area (Å²) in [5.74, 6) is -0.0622. The molecule has 0 rings (SSSR count). The number of hydrogen-bond donors (Lipinski definition) is 3. The van der Waals surface area contributed by atoms with Crippen molar-refractivity contribution in [2.75, 3.05) is 6.61 Å². The molecule has 0 aromatic carbocycles. The van der Waals surface area contributed by atoms with Gasteiger partial charge >= 0.3 is 0 Å². The lowest BCUT2D eigenvalue weighted by atomic mass is 10.0. The lowest BCUT2D eigenvalue weighted by Crippen LogP contribution is -2.45. The van der Waals surface area contributed by atoms with Crippen LogP contribution in [0.4, 0.5) is 0 Å². The number of amides is 1. The Balaban J connectivity index is 3.57. The molecule has 0 radical (unpaired) electrons. The maximum atomic E-state index is 12.3. The molecule has 0 spiro atoms. The van der Waals surface area contributed by atoms with Crippen LogP contribution in [0.3, 0.4) is 0 Å². The molecule has 0 aromatic heterocycles. The summed E-state index contributed by atoms with van der Waals surface area (Å²) in [7, 11) is 0. The van der Waals surface area contributed by atoms with E-state index in [2.05, 4.69) is 19.2 Å². The highest BCUT2D eigenvalue weighted by molar-refractivity contribution is 5.76. The van der Waals surface area contributed by atoms with Crippen LogP contribution in [0, 0.1) is 0 Å². The summed E-state index contributed by atoms with van der Waals surface area (Å²) < 4.78 is 0. The Bertz CT molecular complexity index is 565. The molecule has 42 heavy (non-hydrogen) atoms. The first-order valence-electron chi connectivity index (χ1n) is 18.9. The van der Waals surface area contributed by atoms with Crippen LogP contribution in [0.1, 0.15) is 206 Å².